The Morgan fingerprint density at radius 1 is 1.12 bits per heavy atom. The number of fused-ring (bicyclic) bond motifs is 1. The Balaban J connectivity index is 1.48. The zero-order valence-corrected chi connectivity index (χ0v) is 15.8. The Morgan fingerprint density at radius 2 is 1.92 bits per heavy atom. The van der Waals surface area contributed by atoms with Gasteiger partial charge in [0, 0.05) is 18.7 Å². The SMILES string of the molecule is CN(C)Cc1cccc(OCCCNC2=NS(=O)(=O)c3ccccc32)c1. The number of sulfonamides is 1. The van der Waals surface area contributed by atoms with Crippen molar-refractivity contribution in [2.45, 2.75) is 17.9 Å². The number of hydrogen-bond acceptors (Lipinski definition) is 5. The minimum Gasteiger partial charge on any atom is -0.494 e. The van der Waals surface area contributed by atoms with Crippen LogP contribution in [0, 0.1) is 0 Å². The molecule has 0 saturated heterocycles. The lowest BCUT2D eigenvalue weighted by Gasteiger charge is -2.12. The first-order valence-corrected chi connectivity index (χ1v) is 9.94. The van der Waals surface area contributed by atoms with Gasteiger partial charge in [-0.3, -0.25) is 0 Å². The highest BCUT2D eigenvalue weighted by atomic mass is 32.2. The van der Waals surface area contributed by atoms with Gasteiger partial charge in [0.1, 0.15) is 16.5 Å². The van der Waals surface area contributed by atoms with Crippen molar-refractivity contribution in [3.05, 3.63) is 59.7 Å². The number of amidine groups is 1. The van der Waals surface area contributed by atoms with E-state index in [9.17, 15) is 8.42 Å². The molecule has 0 aromatic heterocycles. The Kier molecular flexibility index (Phi) is 5.58. The fourth-order valence-corrected chi connectivity index (χ4v) is 4.00. The first-order chi connectivity index (χ1) is 12.5. The quantitative estimate of drug-likeness (QED) is 0.754. The van der Waals surface area contributed by atoms with Crippen LogP contribution in [0.1, 0.15) is 17.5 Å². The zero-order valence-electron chi connectivity index (χ0n) is 15.0. The van der Waals surface area contributed by atoms with Gasteiger partial charge in [0.25, 0.3) is 10.0 Å². The molecule has 138 valence electrons. The van der Waals surface area contributed by atoms with E-state index in [4.69, 9.17) is 4.74 Å². The molecule has 0 radical (unpaired) electrons. The van der Waals surface area contributed by atoms with Gasteiger partial charge in [-0.1, -0.05) is 24.3 Å². The Labute approximate surface area is 154 Å². The third-order valence-corrected chi connectivity index (χ3v) is 5.25. The van der Waals surface area contributed by atoms with Gasteiger partial charge in [0.05, 0.1) is 6.61 Å². The summed E-state index contributed by atoms with van der Waals surface area (Å²) in [6.07, 6.45) is 0.735. The van der Waals surface area contributed by atoms with Crippen molar-refractivity contribution >= 4 is 15.9 Å². The van der Waals surface area contributed by atoms with Crippen molar-refractivity contribution in [1.82, 2.24) is 10.2 Å². The van der Waals surface area contributed by atoms with Gasteiger partial charge in [-0.05, 0) is 50.3 Å². The van der Waals surface area contributed by atoms with Crippen LogP contribution < -0.4 is 10.1 Å². The second kappa shape index (κ2) is 7.88. The second-order valence-electron chi connectivity index (χ2n) is 6.43. The molecule has 1 aliphatic heterocycles. The number of ether oxygens (including phenoxy) is 1. The largest absolute Gasteiger partial charge is 0.494 e. The van der Waals surface area contributed by atoms with Crippen molar-refractivity contribution in [3.63, 3.8) is 0 Å². The average Bonchev–Trinajstić information content (AvgIpc) is 2.86. The normalized spacial score (nSPS) is 14.8. The maximum absolute atomic E-state index is 12.0. The molecular weight excluding hydrogens is 350 g/mol. The molecule has 0 aliphatic carbocycles. The van der Waals surface area contributed by atoms with Gasteiger partial charge in [-0.25, -0.2) is 0 Å². The molecule has 0 amide bonds. The lowest BCUT2D eigenvalue weighted by Crippen LogP contribution is -2.25. The van der Waals surface area contributed by atoms with Crippen LogP contribution in [0.5, 0.6) is 5.75 Å². The Bertz CT molecular complexity index is 908. The van der Waals surface area contributed by atoms with E-state index in [2.05, 4.69) is 20.7 Å². The van der Waals surface area contributed by atoms with E-state index < -0.39 is 10.0 Å². The maximum Gasteiger partial charge on any atom is 0.285 e. The van der Waals surface area contributed by atoms with Gasteiger partial charge in [0.15, 0.2) is 0 Å². The van der Waals surface area contributed by atoms with Crippen LogP contribution in [0.25, 0.3) is 0 Å². The summed E-state index contributed by atoms with van der Waals surface area (Å²) in [7, 11) is 0.497. The summed E-state index contributed by atoms with van der Waals surface area (Å²) in [6.45, 7) is 1.99. The summed E-state index contributed by atoms with van der Waals surface area (Å²) >= 11 is 0. The molecule has 6 nitrogen and oxygen atoms in total. The molecule has 2 aromatic carbocycles. The number of hydrogen-bond donors (Lipinski definition) is 1. The van der Waals surface area contributed by atoms with Crippen LogP contribution in [0.15, 0.2) is 57.8 Å². The smallest absolute Gasteiger partial charge is 0.285 e. The molecule has 7 heteroatoms. The first kappa shape index (κ1) is 18.4. The minimum atomic E-state index is -3.57. The summed E-state index contributed by atoms with van der Waals surface area (Å²) < 4.78 is 33.6. The average molecular weight is 373 g/mol. The third kappa shape index (κ3) is 4.42. The molecule has 2 aromatic rings. The number of benzene rings is 2. The lowest BCUT2D eigenvalue weighted by atomic mass is 10.2. The highest BCUT2D eigenvalue weighted by Gasteiger charge is 2.27. The van der Waals surface area contributed by atoms with Crippen LogP contribution >= 0.6 is 0 Å². The molecule has 1 N–H and O–H groups in total. The van der Waals surface area contributed by atoms with Crippen LogP contribution in [-0.4, -0.2) is 46.4 Å². The maximum atomic E-state index is 12.0. The molecule has 26 heavy (non-hydrogen) atoms. The van der Waals surface area contributed by atoms with Crippen molar-refractivity contribution < 1.29 is 13.2 Å². The first-order valence-electron chi connectivity index (χ1n) is 8.50. The number of nitrogens with zero attached hydrogens (tertiary/aromatic N) is 2. The van der Waals surface area contributed by atoms with Crippen LogP contribution in [0.2, 0.25) is 0 Å². The van der Waals surface area contributed by atoms with E-state index in [0.717, 1.165) is 18.7 Å². The minimum absolute atomic E-state index is 0.261. The molecule has 3 rings (SSSR count). The molecule has 0 unspecified atom stereocenters. The lowest BCUT2D eigenvalue weighted by molar-refractivity contribution is 0.310. The van der Waals surface area contributed by atoms with Gasteiger partial charge in [-0.2, -0.15) is 8.42 Å². The molecule has 1 aliphatic rings. The molecule has 0 saturated carbocycles. The van der Waals surface area contributed by atoms with E-state index in [1.54, 1.807) is 24.3 Å². The van der Waals surface area contributed by atoms with Crippen molar-refractivity contribution in [3.8, 4) is 5.75 Å². The fourth-order valence-electron chi connectivity index (χ4n) is 2.80. The topological polar surface area (TPSA) is 71.0 Å². The summed E-state index contributed by atoms with van der Waals surface area (Å²) in [5.41, 5.74) is 1.83. The summed E-state index contributed by atoms with van der Waals surface area (Å²) in [5, 5.41) is 3.10. The molecule has 0 fully saturated rings. The van der Waals surface area contributed by atoms with E-state index in [-0.39, 0.29) is 4.90 Å². The predicted octanol–water partition coefficient (Wildman–Crippen LogP) is 2.26. The number of rotatable bonds is 7. The Morgan fingerprint density at radius 3 is 2.73 bits per heavy atom. The zero-order chi connectivity index (χ0) is 18.6. The second-order valence-corrected chi connectivity index (χ2v) is 8.00. The van der Waals surface area contributed by atoms with Gasteiger partial charge in [-0.15, -0.1) is 4.40 Å². The fraction of sp³-hybridized carbons (Fsp3) is 0.316. The molecule has 1 heterocycles. The monoisotopic (exact) mass is 373 g/mol. The van der Waals surface area contributed by atoms with Crippen LogP contribution in [0.4, 0.5) is 0 Å². The van der Waals surface area contributed by atoms with Crippen molar-refractivity contribution in [1.29, 1.82) is 0 Å². The molecule has 0 spiro atoms. The van der Waals surface area contributed by atoms with Crippen molar-refractivity contribution in [2.75, 3.05) is 27.2 Å². The predicted molar refractivity (Wildman–Crippen MR) is 102 cm³/mol. The van der Waals surface area contributed by atoms with E-state index in [0.29, 0.717) is 24.6 Å². The van der Waals surface area contributed by atoms with Crippen LogP contribution in [-0.2, 0) is 16.6 Å². The van der Waals surface area contributed by atoms with E-state index in [1.165, 1.54) is 5.56 Å². The Hall–Kier alpha value is -2.38. The van der Waals surface area contributed by atoms with E-state index >= 15 is 0 Å². The van der Waals surface area contributed by atoms with Crippen LogP contribution in [0.3, 0.4) is 0 Å². The standard InChI is InChI=1S/C19H23N3O3S/c1-22(2)14-15-7-5-8-16(13-15)25-12-6-11-20-19-17-9-3-4-10-18(17)26(23,24)21-19/h3-5,7-10,13H,6,11-12,14H2,1-2H3,(H,20,21). The summed E-state index contributed by atoms with van der Waals surface area (Å²) in [4.78, 5) is 2.37. The summed E-state index contributed by atoms with van der Waals surface area (Å²) in [6, 6.07) is 14.9. The van der Waals surface area contributed by atoms with E-state index in [1.807, 2.05) is 32.3 Å². The molecule has 0 atom stereocenters. The van der Waals surface area contributed by atoms with Gasteiger partial charge in [0.2, 0.25) is 0 Å². The highest BCUT2D eigenvalue weighted by molar-refractivity contribution is 7.90. The van der Waals surface area contributed by atoms with Gasteiger partial charge < -0.3 is 15.0 Å². The summed E-state index contributed by atoms with van der Waals surface area (Å²) in [5.74, 6) is 1.25. The molecular formula is C19H23N3O3S. The number of nitrogens with one attached hydrogen (secondary N) is 1. The highest BCUT2D eigenvalue weighted by Crippen LogP contribution is 2.24. The molecule has 0 bridgehead atoms. The van der Waals surface area contributed by atoms with Gasteiger partial charge >= 0.3 is 0 Å². The van der Waals surface area contributed by atoms with Crippen molar-refractivity contribution in [2.24, 2.45) is 4.40 Å². The third-order valence-electron chi connectivity index (χ3n) is 3.91.